The normalized spacial score (nSPS) is 11.8. The van der Waals surface area contributed by atoms with Gasteiger partial charge in [-0.2, -0.15) is 5.26 Å². The summed E-state index contributed by atoms with van der Waals surface area (Å²) in [4.78, 5) is 12.5. The van der Waals surface area contributed by atoms with Crippen molar-refractivity contribution in [1.29, 1.82) is 5.26 Å². The maximum atomic E-state index is 12.5. The number of ether oxygens (including phenoxy) is 1. The zero-order valence-corrected chi connectivity index (χ0v) is 18.8. The lowest BCUT2D eigenvalue weighted by Gasteiger charge is -2.14. The number of nitrogens with zero attached hydrogens (tertiary/aromatic N) is 1. The highest BCUT2D eigenvalue weighted by Gasteiger charge is 2.15. The minimum atomic E-state index is -0.411. The SMILES string of the molecule is C#CCOc1c(I)cc(/C=C(/C#N)C(=O)N[C@H](C)c2ccccc2)cc1I. The van der Waals surface area contributed by atoms with Crippen molar-refractivity contribution in [3.8, 4) is 24.2 Å². The van der Waals surface area contributed by atoms with Crippen LogP contribution in [0.15, 0.2) is 48.0 Å². The Bertz CT molecular complexity index is 918. The van der Waals surface area contributed by atoms with Crippen molar-refractivity contribution in [3.05, 3.63) is 66.3 Å². The number of terminal acetylenes is 1. The maximum absolute atomic E-state index is 12.5. The molecule has 2 aromatic rings. The molecule has 136 valence electrons. The van der Waals surface area contributed by atoms with Crippen LogP contribution >= 0.6 is 45.2 Å². The van der Waals surface area contributed by atoms with Gasteiger partial charge in [-0.1, -0.05) is 36.3 Å². The number of rotatable bonds is 6. The van der Waals surface area contributed by atoms with E-state index < -0.39 is 5.91 Å². The average Bonchev–Trinajstić information content (AvgIpc) is 2.66. The molecule has 4 nitrogen and oxygen atoms in total. The standard InChI is InChI=1S/C21H16I2N2O2/c1-3-9-27-20-18(22)11-15(12-19(20)23)10-17(13-24)21(26)25-14(2)16-7-5-4-6-8-16/h1,4-8,10-12,14H,9H2,2H3,(H,25,26)/b17-10-/t14-/m1/s1. The summed E-state index contributed by atoms with van der Waals surface area (Å²) in [6.45, 7) is 2.07. The second-order valence-electron chi connectivity index (χ2n) is 5.58. The molecular weight excluding hydrogens is 566 g/mol. The lowest BCUT2D eigenvalue weighted by atomic mass is 10.1. The first-order valence-corrected chi connectivity index (χ1v) is 10.1. The molecule has 6 heteroatoms. The van der Waals surface area contributed by atoms with E-state index in [1.165, 1.54) is 0 Å². The highest BCUT2D eigenvalue weighted by Crippen LogP contribution is 2.29. The van der Waals surface area contributed by atoms with Gasteiger partial charge in [-0.15, -0.1) is 6.42 Å². The molecular formula is C21H16I2N2O2. The summed E-state index contributed by atoms with van der Waals surface area (Å²) < 4.78 is 7.25. The third-order valence-corrected chi connectivity index (χ3v) is 5.25. The molecule has 0 aliphatic carbocycles. The Hall–Kier alpha value is -2.04. The number of hydrogen-bond acceptors (Lipinski definition) is 3. The second-order valence-corrected chi connectivity index (χ2v) is 7.91. The van der Waals surface area contributed by atoms with E-state index in [4.69, 9.17) is 11.2 Å². The number of amides is 1. The van der Waals surface area contributed by atoms with Crippen LogP contribution in [0.2, 0.25) is 0 Å². The third kappa shape index (κ3) is 5.98. The lowest BCUT2D eigenvalue weighted by molar-refractivity contribution is -0.117. The third-order valence-electron chi connectivity index (χ3n) is 3.64. The number of carbonyl (C=O) groups excluding carboxylic acids is 1. The summed E-state index contributed by atoms with van der Waals surface area (Å²) in [5.41, 5.74) is 1.76. The Morgan fingerprint density at radius 2 is 1.93 bits per heavy atom. The Kier molecular flexibility index (Phi) is 8.14. The number of nitrogens with one attached hydrogen (secondary N) is 1. The van der Waals surface area contributed by atoms with Gasteiger partial charge in [0.25, 0.3) is 5.91 Å². The fourth-order valence-electron chi connectivity index (χ4n) is 2.33. The molecule has 0 spiro atoms. The first kappa shape index (κ1) is 21.3. The van der Waals surface area contributed by atoms with Gasteiger partial charge in [-0.25, -0.2) is 0 Å². The van der Waals surface area contributed by atoms with Crippen molar-refractivity contribution in [1.82, 2.24) is 5.32 Å². The molecule has 0 saturated carbocycles. The molecule has 1 atom stereocenters. The highest BCUT2D eigenvalue weighted by molar-refractivity contribution is 14.1. The Morgan fingerprint density at radius 3 is 2.48 bits per heavy atom. The Labute approximate surface area is 186 Å². The van der Waals surface area contributed by atoms with Crippen LogP contribution in [0.4, 0.5) is 0 Å². The first-order chi connectivity index (χ1) is 13.0. The predicted molar refractivity (Wildman–Crippen MR) is 123 cm³/mol. The zero-order valence-electron chi connectivity index (χ0n) is 14.5. The minimum Gasteiger partial charge on any atom is -0.479 e. The first-order valence-electron chi connectivity index (χ1n) is 7.99. The van der Waals surface area contributed by atoms with E-state index in [1.807, 2.05) is 55.5 Å². The van der Waals surface area contributed by atoms with Crippen LogP contribution in [-0.4, -0.2) is 12.5 Å². The fraction of sp³-hybridized carbons (Fsp3) is 0.143. The van der Waals surface area contributed by atoms with Crippen LogP contribution in [0.5, 0.6) is 5.75 Å². The fourth-order valence-corrected chi connectivity index (χ4v) is 4.46. The molecule has 1 amide bonds. The average molecular weight is 582 g/mol. The van der Waals surface area contributed by atoms with E-state index in [1.54, 1.807) is 6.08 Å². The molecule has 2 aromatic carbocycles. The summed E-state index contributed by atoms with van der Waals surface area (Å²) in [6.07, 6.45) is 6.81. The summed E-state index contributed by atoms with van der Waals surface area (Å²) in [6, 6.07) is 15.1. The van der Waals surface area contributed by atoms with Crippen molar-refractivity contribution in [2.75, 3.05) is 6.61 Å². The van der Waals surface area contributed by atoms with Crippen LogP contribution in [0, 0.1) is 30.8 Å². The van der Waals surface area contributed by atoms with E-state index in [2.05, 4.69) is 56.4 Å². The van der Waals surface area contributed by atoms with Crippen LogP contribution in [0.25, 0.3) is 6.08 Å². The van der Waals surface area contributed by atoms with Gasteiger partial charge in [0, 0.05) is 0 Å². The van der Waals surface area contributed by atoms with E-state index in [0.29, 0.717) is 5.75 Å². The van der Waals surface area contributed by atoms with Gasteiger partial charge in [0.05, 0.1) is 13.2 Å². The number of hydrogen-bond donors (Lipinski definition) is 1. The second kappa shape index (κ2) is 10.3. The van der Waals surface area contributed by atoms with E-state index in [-0.39, 0.29) is 18.2 Å². The summed E-state index contributed by atoms with van der Waals surface area (Å²) in [5.74, 6) is 2.73. The van der Waals surface area contributed by atoms with Gasteiger partial charge in [0.15, 0.2) is 0 Å². The van der Waals surface area contributed by atoms with Gasteiger partial charge in [-0.05, 0) is 81.4 Å². The molecule has 0 heterocycles. The molecule has 2 rings (SSSR count). The molecule has 0 aliphatic heterocycles. The van der Waals surface area contributed by atoms with Gasteiger partial charge in [0.1, 0.15) is 24.0 Å². The lowest BCUT2D eigenvalue weighted by Crippen LogP contribution is -2.27. The van der Waals surface area contributed by atoms with Gasteiger partial charge in [-0.3, -0.25) is 4.79 Å². The molecule has 0 unspecified atom stereocenters. The highest BCUT2D eigenvalue weighted by atomic mass is 127. The molecule has 0 aromatic heterocycles. The van der Waals surface area contributed by atoms with Gasteiger partial charge >= 0.3 is 0 Å². The van der Waals surface area contributed by atoms with Crippen LogP contribution in [0.3, 0.4) is 0 Å². The maximum Gasteiger partial charge on any atom is 0.262 e. The molecule has 1 N–H and O–H groups in total. The van der Waals surface area contributed by atoms with Crippen molar-refractivity contribution in [2.45, 2.75) is 13.0 Å². The Balaban J connectivity index is 2.21. The number of benzene rings is 2. The van der Waals surface area contributed by atoms with Crippen molar-refractivity contribution >= 4 is 57.2 Å². The minimum absolute atomic E-state index is 0.0432. The smallest absolute Gasteiger partial charge is 0.262 e. The molecule has 27 heavy (non-hydrogen) atoms. The summed E-state index contributed by atoms with van der Waals surface area (Å²) in [7, 11) is 0. The molecule has 0 saturated heterocycles. The molecule has 0 aliphatic rings. The van der Waals surface area contributed by atoms with E-state index >= 15 is 0 Å². The number of halogens is 2. The molecule has 0 fully saturated rings. The largest absolute Gasteiger partial charge is 0.479 e. The molecule has 0 bridgehead atoms. The topological polar surface area (TPSA) is 62.1 Å². The van der Waals surface area contributed by atoms with Crippen LogP contribution < -0.4 is 10.1 Å². The summed E-state index contributed by atoms with van der Waals surface area (Å²) in [5, 5.41) is 12.3. The predicted octanol–water partition coefficient (Wildman–Crippen LogP) is 4.69. The number of nitriles is 1. The zero-order chi connectivity index (χ0) is 19.8. The Morgan fingerprint density at radius 1 is 1.30 bits per heavy atom. The summed E-state index contributed by atoms with van der Waals surface area (Å²) >= 11 is 4.29. The van der Waals surface area contributed by atoms with Crippen molar-refractivity contribution in [3.63, 3.8) is 0 Å². The van der Waals surface area contributed by atoms with E-state index in [9.17, 15) is 10.1 Å². The van der Waals surface area contributed by atoms with Crippen LogP contribution in [0.1, 0.15) is 24.1 Å². The van der Waals surface area contributed by atoms with Crippen molar-refractivity contribution < 1.29 is 9.53 Å². The van der Waals surface area contributed by atoms with Gasteiger partial charge in [0.2, 0.25) is 0 Å². The van der Waals surface area contributed by atoms with Gasteiger partial charge < -0.3 is 10.1 Å². The van der Waals surface area contributed by atoms with E-state index in [0.717, 1.165) is 18.3 Å². The van der Waals surface area contributed by atoms with Crippen LogP contribution in [-0.2, 0) is 4.79 Å². The quantitative estimate of drug-likeness (QED) is 0.233. The van der Waals surface area contributed by atoms with Crippen molar-refractivity contribution in [2.24, 2.45) is 0 Å². The molecule has 0 radical (unpaired) electrons. The monoisotopic (exact) mass is 582 g/mol. The number of carbonyl (C=O) groups is 1.